The van der Waals surface area contributed by atoms with Crippen molar-refractivity contribution in [2.24, 2.45) is 0 Å². The van der Waals surface area contributed by atoms with Crippen LogP contribution >= 0.6 is 12.6 Å². The van der Waals surface area contributed by atoms with Crippen LogP contribution in [0.25, 0.3) is 0 Å². The van der Waals surface area contributed by atoms with Gasteiger partial charge in [0.15, 0.2) is 0 Å². The van der Waals surface area contributed by atoms with E-state index in [1.54, 1.807) is 36.4 Å². The summed E-state index contributed by atoms with van der Waals surface area (Å²) in [6.45, 7) is 0. The lowest BCUT2D eigenvalue weighted by Gasteiger charge is -2.09. The maximum absolute atomic E-state index is 12.1. The number of para-hydroxylation sites is 1. The number of nitrogen functional groups attached to an aromatic ring is 1. The predicted octanol–water partition coefficient (Wildman–Crippen LogP) is 2.36. The van der Waals surface area contributed by atoms with Gasteiger partial charge in [0.25, 0.3) is 10.0 Å². The van der Waals surface area contributed by atoms with E-state index in [4.69, 9.17) is 5.73 Å². The molecule has 0 heterocycles. The van der Waals surface area contributed by atoms with Crippen molar-refractivity contribution in [1.29, 1.82) is 0 Å². The molecule has 0 radical (unpaired) electrons. The van der Waals surface area contributed by atoms with Gasteiger partial charge >= 0.3 is 0 Å². The summed E-state index contributed by atoms with van der Waals surface area (Å²) in [7, 11) is -3.61. The van der Waals surface area contributed by atoms with E-state index in [1.165, 1.54) is 12.1 Å². The summed E-state index contributed by atoms with van der Waals surface area (Å²) < 4.78 is 26.6. The third-order valence-electron chi connectivity index (χ3n) is 2.34. The van der Waals surface area contributed by atoms with Crippen molar-refractivity contribution in [2.45, 2.75) is 9.79 Å². The van der Waals surface area contributed by atoms with E-state index in [9.17, 15) is 8.42 Å². The molecule has 0 amide bonds. The van der Waals surface area contributed by atoms with Crippen LogP contribution in [0, 0.1) is 0 Å². The minimum absolute atomic E-state index is 0.160. The molecule has 0 atom stereocenters. The first-order chi connectivity index (χ1) is 8.49. The lowest BCUT2D eigenvalue weighted by atomic mass is 10.3. The number of benzene rings is 2. The third-order valence-corrected chi connectivity index (χ3v) is 4.11. The molecule has 0 aliphatic carbocycles. The van der Waals surface area contributed by atoms with Crippen molar-refractivity contribution in [2.75, 3.05) is 10.5 Å². The zero-order valence-corrected chi connectivity index (χ0v) is 11.1. The van der Waals surface area contributed by atoms with Gasteiger partial charge < -0.3 is 5.73 Å². The normalized spacial score (nSPS) is 11.2. The van der Waals surface area contributed by atoms with Crippen molar-refractivity contribution in [3.8, 4) is 0 Å². The monoisotopic (exact) mass is 280 g/mol. The average Bonchev–Trinajstić information content (AvgIpc) is 2.32. The first-order valence-corrected chi connectivity index (χ1v) is 7.08. The van der Waals surface area contributed by atoms with Gasteiger partial charge in [-0.3, -0.25) is 4.72 Å². The van der Waals surface area contributed by atoms with Gasteiger partial charge in [0, 0.05) is 10.6 Å². The summed E-state index contributed by atoms with van der Waals surface area (Å²) in [5.41, 5.74) is 6.48. The SMILES string of the molecule is Nc1ccc(S(=O)(=O)Nc2ccccc2S)cc1. The molecule has 0 saturated carbocycles. The minimum atomic E-state index is -3.61. The van der Waals surface area contributed by atoms with Gasteiger partial charge in [-0.15, -0.1) is 12.6 Å². The highest BCUT2D eigenvalue weighted by molar-refractivity contribution is 7.92. The zero-order valence-electron chi connectivity index (χ0n) is 9.37. The van der Waals surface area contributed by atoms with Gasteiger partial charge in [-0.25, -0.2) is 8.42 Å². The smallest absolute Gasteiger partial charge is 0.261 e. The highest BCUT2D eigenvalue weighted by Gasteiger charge is 2.14. The van der Waals surface area contributed by atoms with E-state index in [2.05, 4.69) is 17.4 Å². The van der Waals surface area contributed by atoms with Crippen molar-refractivity contribution in [3.63, 3.8) is 0 Å². The van der Waals surface area contributed by atoms with E-state index < -0.39 is 10.0 Å². The molecule has 3 N–H and O–H groups in total. The van der Waals surface area contributed by atoms with Crippen LogP contribution in [0.1, 0.15) is 0 Å². The Hall–Kier alpha value is -1.66. The van der Waals surface area contributed by atoms with Crippen molar-refractivity contribution in [1.82, 2.24) is 0 Å². The second-order valence-electron chi connectivity index (χ2n) is 3.69. The van der Waals surface area contributed by atoms with E-state index in [-0.39, 0.29) is 4.90 Å². The summed E-state index contributed by atoms with van der Waals surface area (Å²) in [5.74, 6) is 0. The number of rotatable bonds is 3. The highest BCUT2D eigenvalue weighted by Crippen LogP contribution is 2.22. The molecule has 2 aromatic carbocycles. The van der Waals surface area contributed by atoms with Gasteiger partial charge in [0.2, 0.25) is 0 Å². The minimum Gasteiger partial charge on any atom is -0.399 e. The molecule has 2 aromatic rings. The van der Waals surface area contributed by atoms with Crippen molar-refractivity contribution < 1.29 is 8.42 Å². The molecule has 0 unspecified atom stereocenters. The third kappa shape index (κ3) is 2.77. The van der Waals surface area contributed by atoms with Crippen LogP contribution in [0.5, 0.6) is 0 Å². The number of hydrogen-bond acceptors (Lipinski definition) is 4. The zero-order chi connectivity index (χ0) is 13.2. The Bertz CT molecular complexity index is 652. The van der Waals surface area contributed by atoms with Crippen LogP contribution in [-0.4, -0.2) is 8.42 Å². The van der Waals surface area contributed by atoms with Crippen molar-refractivity contribution in [3.05, 3.63) is 48.5 Å². The number of thiol groups is 1. The molecule has 0 fully saturated rings. The number of anilines is 2. The molecule has 0 aromatic heterocycles. The van der Waals surface area contributed by atoms with Gasteiger partial charge in [0.05, 0.1) is 10.6 Å². The molecule has 4 nitrogen and oxygen atoms in total. The van der Waals surface area contributed by atoms with Crippen LogP contribution in [0.3, 0.4) is 0 Å². The maximum atomic E-state index is 12.1. The van der Waals surface area contributed by atoms with E-state index in [0.717, 1.165) is 0 Å². The Morgan fingerprint density at radius 3 is 2.22 bits per heavy atom. The molecular formula is C12H12N2O2S2. The average molecular weight is 280 g/mol. The summed E-state index contributed by atoms with van der Waals surface area (Å²) in [5, 5.41) is 0. The topological polar surface area (TPSA) is 72.2 Å². The Kier molecular flexibility index (Phi) is 3.49. The molecular weight excluding hydrogens is 268 g/mol. The van der Waals surface area contributed by atoms with Gasteiger partial charge in [-0.05, 0) is 36.4 Å². The van der Waals surface area contributed by atoms with E-state index >= 15 is 0 Å². The molecule has 0 aliphatic heterocycles. The van der Waals surface area contributed by atoms with E-state index in [0.29, 0.717) is 16.3 Å². The Morgan fingerprint density at radius 1 is 1.00 bits per heavy atom. The first-order valence-electron chi connectivity index (χ1n) is 5.15. The highest BCUT2D eigenvalue weighted by atomic mass is 32.2. The molecule has 0 saturated heterocycles. The first kappa shape index (κ1) is 12.8. The molecule has 0 spiro atoms. The lowest BCUT2D eigenvalue weighted by Crippen LogP contribution is -2.13. The largest absolute Gasteiger partial charge is 0.399 e. The maximum Gasteiger partial charge on any atom is 0.261 e. The molecule has 6 heteroatoms. The molecule has 2 rings (SSSR count). The number of sulfonamides is 1. The summed E-state index contributed by atoms with van der Waals surface area (Å²) in [4.78, 5) is 0.727. The van der Waals surface area contributed by atoms with Crippen molar-refractivity contribution >= 4 is 34.0 Å². The fourth-order valence-electron chi connectivity index (χ4n) is 1.41. The second-order valence-corrected chi connectivity index (χ2v) is 5.86. The molecule has 0 bridgehead atoms. The summed E-state index contributed by atoms with van der Waals surface area (Å²) >= 11 is 4.19. The van der Waals surface area contributed by atoms with Gasteiger partial charge in [-0.1, -0.05) is 12.1 Å². The standard InChI is InChI=1S/C12H12N2O2S2/c13-9-5-7-10(8-6-9)18(15,16)14-11-3-1-2-4-12(11)17/h1-8,14,17H,13H2. The van der Waals surface area contributed by atoms with Crippen LogP contribution in [0.2, 0.25) is 0 Å². The second kappa shape index (κ2) is 4.91. The predicted molar refractivity (Wildman–Crippen MR) is 75.4 cm³/mol. The summed E-state index contributed by atoms with van der Waals surface area (Å²) in [6.07, 6.45) is 0. The van der Waals surface area contributed by atoms with Crippen LogP contribution in [-0.2, 0) is 10.0 Å². The molecule has 18 heavy (non-hydrogen) atoms. The number of hydrogen-bond donors (Lipinski definition) is 3. The van der Waals surface area contributed by atoms with E-state index in [1.807, 2.05) is 0 Å². The Labute approximate surface area is 111 Å². The molecule has 94 valence electrons. The Balaban J connectivity index is 2.33. The molecule has 0 aliphatic rings. The lowest BCUT2D eigenvalue weighted by molar-refractivity contribution is 0.601. The fraction of sp³-hybridized carbons (Fsp3) is 0. The van der Waals surface area contributed by atoms with Crippen LogP contribution in [0.4, 0.5) is 11.4 Å². The van der Waals surface area contributed by atoms with Crippen LogP contribution in [0.15, 0.2) is 58.3 Å². The fourth-order valence-corrected chi connectivity index (χ4v) is 2.78. The quantitative estimate of drug-likeness (QED) is 0.597. The summed E-state index contributed by atoms with van der Waals surface area (Å²) in [6, 6.07) is 12.9. The van der Waals surface area contributed by atoms with Crippen LogP contribution < -0.4 is 10.5 Å². The number of nitrogens with two attached hydrogens (primary N) is 1. The van der Waals surface area contributed by atoms with Gasteiger partial charge in [0.1, 0.15) is 0 Å². The Morgan fingerprint density at radius 2 is 1.61 bits per heavy atom. The number of nitrogens with one attached hydrogen (secondary N) is 1. The van der Waals surface area contributed by atoms with Gasteiger partial charge in [-0.2, -0.15) is 0 Å².